The van der Waals surface area contributed by atoms with Crippen molar-refractivity contribution in [1.29, 1.82) is 0 Å². The SMILES string of the molecule is CN(C)c1ccccc1[CH2][In]1[CH2]CCCCC[CH2]1. The minimum atomic E-state index is -1.26. The van der Waals surface area contributed by atoms with Crippen molar-refractivity contribution in [1.82, 2.24) is 0 Å². The fourth-order valence-electron chi connectivity index (χ4n) is 3.18. The van der Waals surface area contributed by atoms with E-state index in [9.17, 15) is 0 Å². The third-order valence-corrected chi connectivity index (χ3v) is 14.1. The Morgan fingerprint density at radius 1 is 0.944 bits per heavy atom. The van der Waals surface area contributed by atoms with Crippen LogP contribution in [0.25, 0.3) is 0 Å². The monoisotopic (exact) mass is 347 g/mol. The molecule has 1 aromatic rings. The van der Waals surface area contributed by atoms with Gasteiger partial charge in [0.25, 0.3) is 0 Å². The van der Waals surface area contributed by atoms with Gasteiger partial charge in [0.15, 0.2) is 0 Å². The van der Waals surface area contributed by atoms with Crippen LogP contribution in [-0.4, -0.2) is 35.5 Å². The molecule has 98 valence electrons. The second-order valence-corrected chi connectivity index (χ2v) is 15.3. The van der Waals surface area contributed by atoms with E-state index >= 15 is 0 Å². The van der Waals surface area contributed by atoms with Crippen molar-refractivity contribution in [2.45, 2.75) is 44.6 Å². The van der Waals surface area contributed by atoms with E-state index in [4.69, 9.17) is 0 Å². The summed E-state index contributed by atoms with van der Waals surface area (Å²) in [6.07, 6.45) is 7.56. The average molecular weight is 347 g/mol. The normalized spacial score (nSPS) is 17.1. The van der Waals surface area contributed by atoms with Gasteiger partial charge in [0, 0.05) is 0 Å². The van der Waals surface area contributed by atoms with Gasteiger partial charge < -0.3 is 0 Å². The van der Waals surface area contributed by atoms with Crippen LogP contribution >= 0.6 is 0 Å². The number of rotatable bonds is 3. The molecular weight excluding hydrogens is 321 g/mol. The Hall–Kier alpha value is -0.110. The molecule has 1 nitrogen and oxygen atoms in total. The molecule has 0 aromatic heterocycles. The van der Waals surface area contributed by atoms with Crippen LogP contribution in [-0.2, 0) is 4.18 Å². The fourth-order valence-corrected chi connectivity index (χ4v) is 12.9. The Kier molecular flexibility index (Phi) is 5.94. The molecule has 1 aromatic carbocycles. The second-order valence-electron chi connectivity index (χ2n) is 5.94. The van der Waals surface area contributed by atoms with Gasteiger partial charge in [-0.05, 0) is 0 Å². The quantitative estimate of drug-likeness (QED) is 0.788. The van der Waals surface area contributed by atoms with E-state index in [0.717, 1.165) is 0 Å². The zero-order valence-corrected chi connectivity index (χ0v) is 15.3. The molecule has 1 aliphatic rings. The summed E-state index contributed by atoms with van der Waals surface area (Å²) in [5.74, 6) is 0. The first-order valence-electron chi connectivity index (χ1n) is 7.52. The minimum absolute atomic E-state index is 1.26. The average Bonchev–Trinajstić information content (AvgIpc) is 2.33. The summed E-state index contributed by atoms with van der Waals surface area (Å²) >= 11 is -1.26. The molecule has 0 unspecified atom stereocenters. The van der Waals surface area contributed by atoms with Gasteiger partial charge in [0.1, 0.15) is 0 Å². The topological polar surface area (TPSA) is 3.24 Å². The molecule has 2 heteroatoms. The zero-order chi connectivity index (χ0) is 12.8. The molecule has 0 bridgehead atoms. The van der Waals surface area contributed by atoms with Crippen molar-refractivity contribution in [3.05, 3.63) is 29.8 Å². The molecule has 1 aliphatic heterocycles. The summed E-state index contributed by atoms with van der Waals surface area (Å²) in [7, 11) is 4.35. The molecule has 1 fully saturated rings. The standard InChI is InChI=1S/C9H12N.C7H14.In/c1-8-6-4-5-7-9(8)10(2)3;1-3-5-7-6-4-2;/h4-7H,1H2,2-3H3;1-7H2;. The van der Waals surface area contributed by atoms with E-state index in [1.807, 2.05) is 0 Å². The first-order valence-corrected chi connectivity index (χ1v) is 14.5. The molecule has 2 rings (SSSR count). The van der Waals surface area contributed by atoms with Crippen molar-refractivity contribution >= 4 is 27.1 Å². The summed E-state index contributed by atoms with van der Waals surface area (Å²) in [6, 6.07) is 9.04. The number of anilines is 1. The van der Waals surface area contributed by atoms with E-state index in [-0.39, 0.29) is 0 Å². The van der Waals surface area contributed by atoms with Crippen LogP contribution < -0.4 is 4.90 Å². The first-order chi connectivity index (χ1) is 8.77. The van der Waals surface area contributed by atoms with E-state index in [1.165, 1.54) is 42.0 Å². The molecule has 1 heterocycles. The van der Waals surface area contributed by atoms with E-state index in [1.54, 1.807) is 13.9 Å². The maximum atomic E-state index is 2.37. The van der Waals surface area contributed by atoms with Crippen LogP contribution in [0.3, 0.4) is 0 Å². The zero-order valence-electron chi connectivity index (χ0n) is 12.0. The van der Waals surface area contributed by atoms with Crippen LogP contribution in [0, 0.1) is 0 Å². The fraction of sp³-hybridized carbons (Fsp3) is 0.625. The maximum absolute atomic E-state index is 2.37. The number of benzene rings is 1. The molecule has 18 heavy (non-hydrogen) atoms. The third kappa shape index (κ3) is 4.22. The van der Waals surface area contributed by atoms with Crippen molar-refractivity contribution < 1.29 is 0 Å². The second kappa shape index (κ2) is 7.47. The van der Waals surface area contributed by atoms with Crippen molar-refractivity contribution in [3.8, 4) is 0 Å². The van der Waals surface area contributed by atoms with Crippen molar-refractivity contribution in [3.63, 3.8) is 0 Å². The number of hydrogen-bond acceptors (Lipinski definition) is 1. The molecule has 0 N–H and O–H groups in total. The van der Waals surface area contributed by atoms with Crippen molar-refractivity contribution in [2.24, 2.45) is 0 Å². The van der Waals surface area contributed by atoms with Gasteiger partial charge in [-0.15, -0.1) is 0 Å². The Labute approximate surface area is 120 Å². The summed E-state index contributed by atoms with van der Waals surface area (Å²) < 4.78 is 4.77. The van der Waals surface area contributed by atoms with Gasteiger partial charge >= 0.3 is 121 Å². The molecule has 0 spiro atoms. The predicted octanol–water partition coefficient (Wildman–Crippen LogP) is 4.29. The van der Waals surface area contributed by atoms with E-state index < -0.39 is 21.4 Å². The molecule has 0 radical (unpaired) electrons. The van der Waals surface area contributed by atoms with Crippen LogP contribution in [0.1, 0.15) is 37.7 Å². The summed E-state index contributed by atoms with van der Waals surface area (Å²) in [5.41, 5.74) is 3.08. The predicted molar refractivity (Wildman–Crippen MR) is 82.9 cm³/mol. The van der Waals surface area contributed by atoms with Gasteiger partial charge in [-0.2, -0.15) is 0 Å². The molecule has 0 amide bonds. The molecule has 0 atom stereocenters. The Bertz CT molecular complexity index is 354. The molecular formula is C16H26InN. The van der Waals surface area contributed by atoms with Crippen LogP contribution in [0.5, 0.6) is 0 Å². The van der Waals surface area contributed by atoms with Gasteiger partial charge in [0.05, 0.1) is 0 Å². The number of nitrogens with zero attached hydrogens (tertiary/aromatic N) is 1. The van der Waals surface area contributed by atoms with E-state index in [2.05, 4.69) is 43.3 Å². The number of para-hydroxylation sites is 1. The Morgan fingerprint density at radius 2 is 1.56 bits per heavy atom. The molecule has 0 saturated carbocycles. The van der Waals surface area contributed by atoms with Gasteiger partial charge in [-0.1, -0.05) is 0 Å². The summed E-state index contributed by atoms with van der Waals surface area (Å²) in [4.78, 5) is 2.28. The van der Waals surface area contributed by atoms with Crippen LogP contribution in [0.4, 0.5) is 5.69 Å². The number of hydrogen-bond donors (Lipinski definition) is 0. The molecule has 1 saturated heterocycles. The van der Waals surface area contributed by atoms with Gasteiger partial charge in [0.2, 0.25) is 0 Å². The first kappa shape index (κ1) is 14.3. The van der Waals surface area contributed by atoms with Crippen LogP contribution in [0.2, 0.25) is 8.35 Å². The summed E-state index contributed by atoms with van der Waals surface area (Å²) in [5, 5.41) is 0. The van der Waals surface area contributed by atoms with Gasteiger partial charge in [-0.3, -0.25) is 0 Å². The van der Waals surface area contributed by atoms with E-state index in [0.29, 0.717) is 0 Å². The summed E-state index contributed by atoms with van der Waals surface area (Å²) in [6.45, 7) is 0. The Morgan fingerprint density at radius 3 is 2.22 bits per heavy atom. The molecule has 0 aliphatic carbocycles. The van der Waals surface area contributed by atoms with Crippen LogP contribution in [0.15, 0.2) is 24.3 Å². The van der Waals surface area contributed by atoms with Crippen molar-refractivity contribution in [2.75, 3.05) is 19.0 Å². The Balaban J connectivity index is 2.02. The third-order valence-electron chi connectivity index (χ3n) is 4.21. The van der Waals surface area contributed by atoms with Gasteiger partial charge in [-0.25, -0.2) is 0 Å².